The van der Waals surface area contributed by atoms with Crippen molar-refractivity contribution in [1.29, 1.82) is 0 Å². The summed E-state index contributed by atoms with van der Waals surface area (Å²) in [5.74, 6) is 1.73. The van der Waals surface area contributed by atoms with Crippen LogP contribution in [0, 0.1) is 0 Å². The standard InChI is InChI=1S/C17H27NO3/c1-19-12-11-18-13-14-7-6-10-16(20-2)17(14)21-15-8-4-3-5-9-15/h6-7,10,15,18H,3-5,8-9,11-13H2,1-2H3. The first-order valence-corrected chi connectivity index (χ1v) is 7.87. The van der Waals surface area contributed by atoms with Crippen LogP contribution in [0.2, 0.25) is 0 Å². The minimum Gasteiger partial charge on any atom is -0.493 e. The Morgan fingerprint density at radius 3 is 2.67 bits per heavy atom. The molecule has 0 saturated heterocycles. The van der Waals surface area contributed by atoms with E-state index < -0.39 is 0 Å². The number of nitrogens with one attached hydrogen (secondary N) is 1. The zero-order valence-corrected chi connectivity index (χ0v) is 13.2. The van der Waals surface area contributed by atoms with Gasteiger partial charge in [0.05, 0.1) is 19.8 Å². The van der Waals surface area contributed by atoms with Gasteiger partial charge in [-0.3, -0.25) is 0 Å². The summed E-state index contributed by atoms with van der Waals surface area (Å²) in [6.45, 7) is 2.31. The molecule has 4 heteroatoms. The SMILES string of the molecule is COCCNCc1cccc(OC)c1OC1CCCCC1. The predicted octanol–water partition coefficient (Wildman–Crippen LogP) is 3.14. The molecule has 0 amide bonds. The topological polar surface area (TPSA) is 39.7 Å². The summed E-state index contributed by atoms with van der Waals surface area (Å²) in [6.07, 6.45) is 6.48. The highest BCUT2D eigenvalue weighted by molar-refractivity contribution is 5.46. The van der Waals surface area contributed by atoms with Crippen LogP contribution in [0.1, 0.15) is 37.7 Å². The highest BCUT2D eigenvalue weighted by Crippen LogP contribution is 2.34. The lowest BCUT2D eigenvalue weighted by atomic mass is 9.97. The van der Waals surface area contributed by atoms with Crippen molar-refractivity contribution in [2.75, 3.05) is 27.4 Å². The van der Waals surface area contributed by atoms with E-state index in [2.05, 4.69) is 11.4 Å². The predicted molar refractivity (Wildman–Crippen MR) is 84.1 cm³/mol. The van der Waals surface area contributed by atoms with Gasteiger partial charge in [-0.05, 0) is 31.7 Å². The molecule has 1 aromatic carbocycles. The smallest absolute Gasteiger partial charge is 0.166 e. The Hall–Kier alpha value is -1.26. The molecular weight excluding hydrogens is 266 g/mol. The number of methoxy groups -OCH3 is 2. The third-order valence-corrected chi connectivity index (χ3v) is 3.92. The van der Waals surface area contributed by atoms with Crippen LogP contribution in [-0.2, 0) is 11.3 Å². The summed E-state index contributed by atoms with van der Waals surface area (Å²) >= 11 is 0. The van der Waals surface area contributed by atoms with Crippen molar-refractivity contribution in [1.82, 2.24) is 5.32 Å². The van der Waals surface area contributed by atoms with Crippen molar-refractivity contribution in [2.24, 2.45) is 0 Å². The first-order chi connectivity index (χ1) is 10.3. The Bertz CT molecular complexity index is 416. The van der Waals surface area contributed by atoms with Gasteiger partial charge in [0.1, 0.15) is 0 Å². The van der Waals surface area contributed by atoms with Crippen LogP contribution in [0.3, 0.4) is 0 Å². The molecule has 0 spiro atoms. The third-order valence-electron chi connectivity index (χ3n) is 3.92. The second-order valence-electron chi connectivity index (χ2n) is 5.50. The molecule has 4 nitrogen and oxygen atoms in total. The Kier molecular flexibility index (Phi) is 6.83. The van der Waals surface area contributed by atoms with Gasteiger partial charge in [-0.15, -0.1) is 0 Å². The van der Waals surface area contributed by atoms with Crippen molar-refractivity contribution < 1.29 is 14.2 Å². The molecule has 0 unspecified atom stereocenters. The van der Waals surface area contributed by atoms with E-state index in [1.54, 1.807) is 14.2 Å². The summed E-state index contributed by atoms with van der Waals surface area (Å²) in [4.78, 5) is 0. The van der Waals surface area contributed by atoms with Gasteiger partial charge in [0.15, 0.2) is 11.5 Å². The first kappa shape index (κ1) is 16.1. The average molecular weight is 293 g/mol. The normalized spacial score (nSPS) is 15.9. The number of hydrogen-bond donors (Lipinski definition) is 1. The monoisotopic (exact) mass is 293 g/mol. The molecule has 1 aromatic rings. The van der Waals surface area contributed by atoms with Crippen molar-refractivity contribution in [3.8, 4) is 11.5 Å². The van der Waals surface area contributed by atoms with Crippen molar-refractivity contribution in [3.05, 3.63) is 23.8 Å². The van der Waals surface area contributed by atoms with E-state index in [1.807, 2.05) is 12.1 Å². The van der Waals surface area contributed by atoms with Gasteiger partial charge >= 0.3 is 0 Å². The molecular formula is C17H27NO3. The number of para-hydroxylation sites is 1. The molecule has 0 aromatic heterocycles. The van der Waals surface area contributed by atoms with Crippen LogP contribution in [-0.4, -0.2) is 33.5 Å². The maximum atomic E-state index is 6.27. The molecule has 0 radical (unpaired) electrons. The molecule has 1 N–H and O–H groups in total. The van der Waals surface area contributed by atoms with Crippen LogP contribution >= 0.6 is 0 Å². The first-order valence-electron chi connectivity index (χ1n) is 7.87. The Morgan fingerprint density at radius 1 is 1.14 bits per heavy atom. The molecule has 1 aliphatic rings. The van der Waals surface area contributed by atoms with E-state index in [0.717, 1.165) is 43.0 Å². The molecule has 118 valence electrons. The second-order valence-corrected chi connectivity index (χ2v) is 5.50. The molecule has 1 saturated carbocycles. The zero-order chi connectivity index (χ0) is 14.9. The molecule has 0 heterocycles. The van der Waals surface area contributed by atoms with Crippen molar-refractivity contribution in [2.45, 2.75) is 44.8 Å². The van der Waals surface area contributed by atoms with Crippen LogP contribution in [0.15, 0.2) is 18.2 Å². The van der Waals surface area contributed by atoms with Crippen molar-refractivity contribution in [3.63, 3.8) is 0 Å². The van der Waals surface area contributed by atoms with E-state index >= 15 is 0 Å². The fraction of sp³-hybridized carbons (Fsp3) is 0.647. The summed E-state index contributed by atoms with van der Waals surface area (Å²) in [5.41, 5.74) is 1.15. The quantitative estimate of drug-likeness (QED) is 0.747. The molecule has 2 rings (SSSR count). The zero-order valence-electron chi connectivity index (χ0n) is 13.2. The lowest BCUT2D eigenvalue weighted by molar-refractivity contribution is 0.147. The molecule has 0 aliphatic heterocycles. The molecule has 1 aliphatic carbocycles. The second kappa shape index (κ2) is 8.90. The van der Waals surface area contributed by atoms with Crippen LogP contribution < -0.4 is 14.8 Å². The lowest BCUT2D eigenvalue weighted by Gasteiger charge is -2.25. The highest BCUT2D eigenvalue weighted by atomic mass is 16.5. The van der Waals surface area contributed by atoms with Crippen LogP contribution in [0.5, 0.6) is 11.5 Å². The van der Waals surface area contributed by atoms with E-state index in [4.69, 9.17) is 14.2 Å². The average Bonchev–Trinajstić information content (AvgIpc) is 2.53. The van der Waals surface area contributed by atoms with Crippen LogP contribution in [0.25, 0.3) is 0 Å². The Balaban J connectivity index is 2.03. The van der Waals surface area contributed by atoms with E-state index in [-0.39, 0.29) is 0 Å². The Labute approximate surface area is 127 Å². The fourth-order valence-corrected chi connectivity index (χ4v) is 2.74. The molecule has 1 fully saturated rings. The van der Waals surface area contributed by atoms with Gasteiger partial charge in [0.25, 0.3) is 0 Å². The number of benzene rings is 1. The van der Waals surface area contributed by atoms with Gasteiger partial charge in [-0.2, -0.15) is 0 Å². The summed E-state index contributed by atoms with van der Waals surface area (Å²) in [6, 6.07) is 6.08. The molecule has 0 atom stereocenters. The van der Waals surface area contributed by atoms with Crippen LogP contribution in [0.4, 0.5) is 0 Å². The van der Waals surface area contributed by atoms with Gasteiger partial charge < -0.3 is 19.5 Å². The summed E-state index contributed by atoms with van der Waals surface area (Å²) in [5, 5.41) is 3.37. The van der Waals surface area contributed by atoms with Gasteiger partial charge in [0.2, 0.25) is 0 Å². The molecule has 0 bridgehead atoms. The third kappa shape index (κ3) is 4.90. The number of ether oxygens (including phenoxy) is 3. The van der Waals surface area contributed by atoms with Gasteiger partial charge in [-0.25, -0.2) is 0 Å². The van der Waals surface area contributed by atoms with Gasteiger partial charge in [0, 0.05) is 25.8 Å². The highest BCUT2D eigenvalue weighted by Gasteiger charge is 2.19. The summed E-state index contributed by atoms with van der Waals surface area (Å²) in [7, 11) is 3.41. The van der Waals surface area contributed by atoms with E-state index in [9.17, 15) is 0 Å². The number of rotatable bonds is 8. The minimum atomic E-state index is 0.327. The number of hydrogen-bond acceptors (Lipinski definition) is 4. The fourth-order valence-electron chi connectivity index (χ4n) is 2.74. The Morgan fingerprint density at radius 2 is 1.95 bits per heavy atom. The lowest BCUT2D eigenvalue weighted by Crippen LogP contribution is -2.23. The minimum absolute atomic E-state index is 0.327. The maximum Gasteiger partial charge on any atom is 0.166 e. The van der Waals surface area contributed by atoms with E-state index in [0.29, 0.717) is 12.7 Å². The van der Waals surface area contributed by atoms with Gasteiger partial charge in [-0.1, -0.05) is 18.6 Å². The maximum absolute atomic E-state index is 6.27. The molecule has 21 heavy (non-hydrogen) atoms. The summed E-state index contributed by atoms with van der Waals surface area (Å²) < 4.78 is 16.8. The largest absolute Gasteiger partial charge is 0.493 e. The van der Waals surface area contributed by atoms with Crippen molar-refractivity contribution >= 4 is 0 Å². The van der Waals surface area contributed by atoms with E-state index in [1.165, 1.54) is 19.3 Å².